The second-order valence-electron chi connectivity index (χ2n) is 4.60. The first-order chi connectivity index (χ1) is 10.3. The summed E-state index contributed by atoms with van der Waals surface area (Å²) in [7, 11) is 1.67. The van der Waals surface area contributed by atoms with E-state index in [1.54, 1.807) is 11.6 Å². The summed E-state index contributed by atoms with van der Waals surface area (Å²) >= 11 is 1.49. The van der Waals surface area contributed by atoms with Gasteiger partial charge in [0.2, 0.25) is 4.96 Å². The number of ether oxygens (including phenoxy) is 2. The van der Waals surface area contributed by atoms with Crippen molar-refractivity contribution in [2.75, 3.05) is 13.7 Å². The molecule has 1 aromatic carbocycles. The molecule has 0 spiro atoms. The van der Waals surface area contributed by atoms with Crippen molar-refractivity contribution in [1.29, 1.82) is 0 Å². The van der Waals surface area contributed by atoms with Crippen molar-refractivity contribution in [2.24, 2.45) is 0 Å². The topological polar surface area (TPSA) is 61.5 Å². The zero-order valence-corrected chi connectivity index (χ0v) is 12.8. The smallest absolute Gasteiger partial charge is 0.234 e. The highest BCUT2D eigenvalue weighted by atomic mass is 32.1. The van der Waals surface area contributed by atoms with Gasteiger partial charge in [0.15, 0.2) is 10.8 Å². The molecule has 2 aromatic heterocycles. The summed E-state index contributed by atoms with van der Waals surface area (Å²) in [4.78, 5) is 0.782. The van der Waals surface area contributed by atoms with Crippen LogP contribution in [-0.4, -0.2) is 33.5 Å². The Hall–Kier alpha value is -1.99. The highest BCUT2D eigenvalue weighted by Gasteiger charge is 2.12. The summed E-state index contributed by atoms with van der Waals surface area (Å²) in [6, 6.07) is 7.94. The quantitative estimate of drug-likeness (QED) is 0.699. The Bertz CT molecular complexity index is 737. The summed E-state index contributed by atoms with van der Waals surface area (Å²) in [6.45, 7) is 3.06. The Morgan fingerprint density at radius 3 is 2.90 bits per heavy atom. The van der Waals surface area contributed by atoms with Gasteiger partial charge in [-0.05, 0) is 18.6 Å². The molecule has 21 heavy (non-hydrogen) atoms. The second-order valence-corrected chi connectivity index (χ2v) is 5.64. The van der Waals surface area contributed by atoms with Crippen LogP contribution in [0.25, 0.3) is 4.96 Å². The van der Waals surface area contributed by atoms with E-state index in [1.165, 1.54) is 11.3 Å². The summed E-state index contributed by atoms with van der Waals surface area (Å²) in [5.41, 5.74) is 1.11. The van der Waals surface area contributed by atoms with Gasteiger partial charge in [0, 0.05) is 13.5 Å². The highest BCUT2D eigenvalue weighted by molar-refractivity contribution is 7.16. The van der Waals surface area contributed by atoms with Gasteiger partial charge in [-0.15, -0.1) is 10.2 Å². The standard InChI is InChI=1S/C14H16N4O2S/c1-10-5-3-4-6-11(10)20-9-13-17-18-12(7-8-19-2)15-16-14(18)21-13/h3-6H,7-9H2,1-2H3. The average Bonchev–Trinajstić information content (AvgIpc) is 3.05. The number of nitrogens with zero attached hydrogens (tertiary/aromatic N) is 4. The molecule has 3 aromatic rings. The zero-order chi connectivity index (χ0) is 14.7. The molecule has 0 saturated heterocycles. The third kappa shape index (κ3) is 3.03. The van der Waals surface area contributed by atoms with Crippen LogP contribution in [0.3, 0.4) is 0 Å². The molecule has 0 saturated carbocycles. The molecule has 0 bridgehead atoms. The van der Waals surface area contributed by atoms with E-state index in [1.807, 2.05) is 31.2 Å². The van der Waals surface area contributed by atoms with Crippen molar-refractivity contribution in [3.05, 3.63) is 40.7 Å². The second kappa shape index (κ2) is 6.19. The Morgan fingerprint density at radius 1 is 1.24 bits per heavy atom. The third-order valence-corrected chi connectivity index (χ3v) is 3.94. The van der Waals surface area contributed by atoms with E-state index >= 15 is 0 Å². The normalized spacial score (nSPS) is 11.1. The summed E-state index contributed by atoms with van der Waals surface area (Å²) in [5, 5.41) is 13.6. The number of rotatable bonds is 6. The number of fused-ring (bicyclic) bond motifs is 1. The van der Waals surface area contributed by atoms with Crippen LogP contribution in [0.4, 0.5) is 0 Å². The monoisotopic (exact) mass is 304 g/mol. The van der Waals surface area contributed by atoms with E-state index in [2.05, 4.69) is 15.3 Å². The molecule has 7 heteroatoms. The predicted octanol–water partition coefficient (Wildman–Crippen LogP) is 2.26. The van der Waals surface area contributed by atoms with Gasteiger partial charge in [0.25, 0.3) is 0 Å². The predicted molar refractivity (Wildman–Crippen MR) is 79.8 cm³/mol. The van der Waals surface area contributed by atoms with Gasteiger partial charge in [-0.2, -0.15) is 9.61 Å². The summed E-state index contributed by atoms with van der Waals surface area (Å²) in [6.07, 6.45) is 0.694. The molecule has 3 rings (SSSR count). The number of para-hydroxylation sites is 1. The van der Waals surface area contributed by atoms with Crippen molar-refractivity contribution < 1.29 is 9.47 Å². The van der Waals surface area contributed by atoms with E-state index < -0.39 is 0 Å². The lowest BCUT2D eigenvalue weighted by molar-refractivity contribution is 0.200. The molecule has 0 N–H and O–H groups in total. The van der Waals surface area contributed by atoms with Gasteiger partial charge < -0.3 is 9.47 Å². The molecular weight excluding hydrogens is 288 g/mol. The van der Waals surface area contributed by atoms with E-state index in [0.29, 0.717) is 19.6 Å². The van der Waals surface area contributed by atoms with E-state index in [9.17, 15) is 0 Å². The largest absolute Gasteiger partial charge is 0.486 e. The van der Waals surface area contributed by atoms with Crippen LogP contribution < -0.4 is 4.74 Å². The zero-order valence-electron chi connectivity index (χ0n) is 11.9. The minimum absolute atomic E-state index is 0.433. The van der Waals surface area contributed by atoms with E-state index in [4.69, 9.17) is 9.47 Å². The number of hydrogen-bond donors (Lipinski definition) is 0. The minimum Gasteiger partial charge on any atom is -0.486 e. The van der Waals surface area contributed by atoms with Crippen molar-refractivity contribution in [1.82, 2.24) is 19.8 Å². The molecule has 0 aliphatic heterocycles. The molecule has 2 heterocycles. The average molecular weight is 304 g/mol. The molecule has 0 radical (unpaired) electrons. The Morgan fingerprint density at radius 2 is 2.10 bits per heavy atom. The molecule has 110 valence electrons. The van der Waals surface area contributed by atoms with Crippen LogP contribution in [0, 0.1) is 6.92 Å². The summed E-state index contributed by atoms with van der Waals surface area (Å²) in [5.74, 6) is 1.69. The lowest BCUT2D eigenvalue weighted by Gasteiger charge is -2.06. The Labute approximate surface area is 126 Å². The van der Waals surface area contributed by atoms with E-state index in [0.717, 1.165) is 27.1 Å². The maximum absolute atomic E-state index is 5.80. The molecule has 0 amide bonds. The maximum Gasteiger partial charge on any atom is 0.234 e. The highest BCUT2D eigenvalue weighted by Crippen LogP contribution is 2.20. The molecule has 0 fully saturated rings. The van der Waals surface area contributed by atoms with Crippen LogP contribution in [0.1, 0.15) is 16.4 Å². The maximum atomic E-state index is 5.80. The molecule has 0 atom stereocenters. The van der Waals surface area contributed by atoms with Crippen LogP contribution >= 0.6 is 11.3 Å². The Balaban J connectivity index is 1.73. The van der Waals surface area contributed by atoms with Crippen LogP contribution in [0.5, 0.6) is 5.75 Å². The fraction of sp³-hybridized carbons (Fsp3) is 0.357. The first kappa shape index (κ1) is 14.0. The lowest BCUT2D eigenvalue weighted by Crippen LogP contribution is -2.03. The number of aromatic nitrogens is 4. The van der Waals surface area contributed by atoms with Gasteiger partial charge in [-0.3, -0.25) is 0 Å². The van der Waals surface area contributed by atoms with Crippen molar-refractivity contribution in [3.8, 4) is 5.75 Å². The molecular formula is C14H16N4O2S. The van der Waals surface area contributed by atoms with Gasteiger partial charge in [-0.25, -0.2) is 0 Å². The number of aryl methyl sites for hydroxylation is 1. The van der Waals surface area contributed by atoms with Crippen LogP contribution in [0.2, 0.25) is 0 Å². The number of hydrogen-bond acceptors (Lipinski definition) is 6. The molecule has 0 unspecified atom stereocenters. The Kier molecular flexibility index (Phi) is 4.12. The fourth-order valence-corrected chi connectivity index (χ4v) is 2.73. The van der Waals surface area contributed by atoms with Gasteiger partial charge in [0.1, 0.15) is 12.4 Å². The van der Waals surface area contributed by atoms with Crippen molar-refractivity contribution in [2.45, 2.75) is 20.0 Å². The van der Waals surface area contributed by atoms with E-state index in [-0.39, 0.29) is 0 Å². The first-order valence-electron chi connectivity index (χ1n) is 6.65. The van der Waals surface area contributed by atoms with Crippen molar-refractivity contribution >= 4 is 16.3 Å². The summed E-state index contributed by atoms with van der Waals surface area (Å²) < 4.78 is 12.6. The van der Waals surface area contributed by atoms with Crippen LogP contribution in [-0.2, 0) is 17.8 Å². The first-order valence-corrected chi connectivity index (χ1v) is 7.47. The van der Waals surface area contributed by atoms with Crippen molar-refractivity contribution in [3.63, 3.8) is 0 Å². The lowest BCUT2D eigenvalue weighted by atomic mass is 10.2. The number of benzene rings is 1. The molecule has 6 nitrogen and oxygen atoms in total. The van der Waals surface area contributed by atoms with Gasteiger partial charge in [-0.1, -0.05) is 29.5 Å². The SMILES string of the molecule is COCCc1nnc2sc(COc3ccccc3C)nn12. The fourth-order valence-electron chi connectivity index (χ4n) is 1.96. The van der Waals surface area contributed by atoms with Gasteiger partial charge in [0.05, 0.1) is 6.61 Å². The minimum atomic E-state index is 0.433. The molecule has 0 aliphatic rings. The van der Waals surface area contributed by atoms with Gasteiger partial charge >= 0.3 is 0 Å². The van der Waals surface area contributed by atoms with Crippen LogP contribution in [0.15, 0.2) is 24.3 Å². The third-order valence-electron chi connectivity index (χ3n) is 3.07. The molecule has 0 aliphatic carbocycles. The number of methoxy groups -OCH3 is 1.